The maximum atomic E-state index is 12.4. The summed E-state index contributed by atoms with van der Waals surface area (Å²) in [4.78, 5) is 12.4. The molecule has 1 heterocycles. The van der Waals surface area contributed by atoms with Crippen molar-refractivity contribution in [1.82, 2.24) is 10.6 Å². The minimum absolute atomic E-state index is 0.112. The zero-order valence-corrected chi connectivity index (χ0v) is 14.3. The molecule has 4 unspecified atom stereocenters. The third-order valence-corrected chi connectivity index (χ3v) is 5.38. The first-order valence-electron chi connectivity index (χ1n) is 9.09. The molecule has 1 aromatic rings. The number of rotatable bonds is 5. The van der Waals surface area contributed by atoms with Gasteiger partial charge in [-0.25, -0.2) is 4.79 Å². The first-order valence-corrected chi connectivity index (χ1v) is 9.09. The molecule has 2 aliphatic rings. The van der Waals surface area contributed by atoms with Gasteiger partial charge in [-0.05, 0) is 43.2 Å². The first kappa shape index (κ1) is 17.2. The fourth-order valence-electron chi connectivity index (χ4n) is 3.94. The molecule has 4 atom stereocenters. The average Bonchev–Trinajstić information content (AvgIpc) is 3.09. The van der Waals surface area contributed by atoms with Gasteiger partial charge >= 0.3 is 6.03 Å². The summed E-state index contributed by atoms with van der Waals surface area (Å²) in [5.41, 5.74) is 2.17. The number of urea groups is 1. The molecule has 1 aromatic carbocycles. The van der Waals surface area contributed by atoms with Crippen molar-refractivity contribution in [2.45, 2.75) is 57.2 Å². The van der Waals surface area contributed by atoms with E-state index in [1.165, 1.54) is 5.56 Å². The van der Waals surface area contributed by atoms with Gasteiger partial charge in [0.2, 0.25) is 0 Å². The van der Waals surface area contributed by atoms with Crippen LogP contribution in [0.5, 0.6) is 0 Å². The Labute approximate surface area is 143 Å². The minimum atomic E-state index is -0.380. The summed E-state index contributed by atoms with van der Waals surface area (Å²) in [7, 11) is 0. The van der Waals surface area contributed by atoms with Crippen LogP contribution in [0.25, 0.3) is 0 Å². The zero-order valence-electron chi connectivity index (χ0n) is 14.3. The van der Waals surface area contributed by atoms with E-state index in [0.717, 1.165) is 44.3 Å². The number of aliphatic hydroxyl groups is 1. The number of hydrogen-bond donors (Lipinski definition) is 3. The van der Waals surface area contributed by atoms with Crippen molar-refractivity contribution < 1.29 is 14.6 Å². The van der Waals surface area contributed by atoms with Gasteiger partial charge < -0.3 is 20.5 Å². The number of hydrogen-bond acceptors (Lipinski definition) is 3. The summed E-state index contributed by atoms with van der Waals surface area (Å²) in [6.07, 6.45) is 5.51. The monoisotopic (exact) mass is 332 g/mol. The molecule has 3 N–H and O–H groups in total. The third-order valence-electron chi connectivity index (χ3n) is 5.38. The maximum absolute atomic E-state index is 12.4. The number of carbonyl (C=O) groups is 1. The van der Waals surface area contributed by atoms with Crippen LogP contribution in [0.4, 0.5) is 4.79 Å². The van der Waals surface area contributed by atoms with Crippen LogP contribution >= 0.6 is 0 Å². The topological polar surface area (TPSA) is 70.6 Å². The van der Waals surface area contributed by atoms with Crippen molar-refractivity contribution in [3.8, 4) is 0 Å². The van der Waals surface area contributed by atoms with E-state index in [1.807, 2.05) is 24.3 Å². The average molecular weight is 332 g/mol. The maximum Gasteiger partial charge on any atom is 0.315 e. The second kappa shape index (κ2) is 7.99. The van der Waals surface area contributed by atoms with E-state index in [1.54, 1.807) is 0 Å². The normalized spacial score (nSPS) is 27.3. The molecule has 1 aliphatic heterocycles. The van der Waals surface area contributed by atoms with E-state index in [4.69, 9.17) is 4.74 Å². The highest BCUT2D eigenvalue weighted by molar-refractivity contribution is 5.74. The Bertz CT molecular complexity index is 546. The van der Waals surface area contributed by atoms with Crippen LogP contribution < -0.4 is 10.6 Å². The molecule has 5 heteroatoms. The first-order chi connectivity index (χ1) is 11.7. The second-order valence-corrected chi connectivity index (χ2v) is 6.85. The highest BCUT2D eigenvalue weighted by Crippen LogP contribution is 2.34. The summed E-state index contributed by atoms with van der Waals surface area (Å²) in [6, 6.07) is 7.62. The standard InChI is InChI=1S/C19H28N2O3/c1-2-13-6-8-14(9-7-13)17(12-22)21-19(23)20-16-4-3-5-18-15(16)10-11-24-18/h6-9,15-18,22H,2-5,10-12H2,1H3,(H2,20,21,23). The predicted molar refractivity (Wildman–Crippen MR) is 92.8 cm³/mol. The number of fused-ring (bicyclic) bond motifs is 1. The van der Waals surface area contributed by atoms with Gasteiger partial charge in [-0.2, -0.15) is 0 Å². The third kappa shape index (κ3) is 3.90. The van der Waals surface area contributed by atoms with Crippen LogP contribution in [0, 0.1) is 5.92 Å². The van der Waals surface area contributed by atoms with E-state index in [-0.39, 0.29) is 24.7 Å². The molecule has 3 rings (SSSR count). The molecular formula is C19H28N2O3. The summed E-state index contributed by atoms with van der Waals surface area (Å²) in [6.45, 7) is 2.80. The van der Waals surface area contributed by atoms with Crippen LogP contribution in [0.1, 0.15) is 49.8 Å². The van der Waals surface area contributed by atoms with Crippen LogP contribution in [0.3, 0.4) is 0 Å². The van der Waals surface area contributed by atoms with Crippen LogP contribution in [0.2, 0.25) is 0 Å². The molecule has 2 fully saturated rings. The Morgan fingerprint density at radius 2 is 2.08 bits per heavy atom. The lowest BCUT2D eigenvalue weighted by atomic mass is 9.82. The van der Waals surface area contributed by atoms with Gasteiger partial charge in [-0.1, -0.05) is 31.2 Å². The lowest BCUT2D eigenvalue weighted by Crippen LogP contribution is -2.50. The fraction of sp³-hybridized carbons (Fsp3) is 0.632. The minimum Gasteiger partial charge on any atom is -0.394 e. The number of amides is 2. The van der Waals surface area contributed by atoms with Crippen molar-refractivity contribution in [2.75, 3.05) is 13.2 Å². The second-order valence-electron chi connectivity index (χ2n) is 6.85. The lowest BCUT2D eigenvalue weighted by molar-refractivity contribution is 0.0548. The highest BCUT2D eigenvalue weighted by Gasteiger charge is 2.38. The van der Waals surface area contributed by atoms with Gasteiger partial charge in [0.1, 0.15) is 0 Å². The van der Waals surface area contributed by atoms with E-state index in [9.17, 15) is 9.90 Å². The van der Waals surface area contributed by atoms with Gasteiger partial charge in [0.15, 0.2) is 0 Å². The molecule has 1 aliphatic carbocycles. The van der Waals surface area contributed by atoms with E-state index in [2.05, 4.69) is 17.6 Å². The van der Waals surface area contributed by atoms with Gasteiger partial charge in [0, 0.05) is 18.6 Å². The number of aliphatic hydroxyl groups excluding tert-OH is 1. The Hall–Kier alpha value is -1.59. The van der Waals surface area contributed by atoms with E-state index in [0.29, 0.717) is 12.0 Å². The molecule has 5 nitrogen and oxygen atoms in total. The molecule has 0 bridgehead atoms. The highest BCUT2D eigenvalue weighted by atomic mass is 16.5. The zero-order chi connectivity index (χ0) is 16.9. The van der Waals surface area contributed by atoms with Gasteiger partial charge in [0.05, 0.1) is 18.8 Å². The SMILES string of the molecule is CCc1ccc(C(CO)NC(=O)NC2CCCC3OCCC23)cc1. The molecule has 1 saturated heterocycles. The summed E-state index contributed by atoms with van der Waals surface area (Å²) in [5, 5.41) is 15.7. The van der Waals surface area contributed by atoms with Crippen LogP contribution in [0.15, 0.2) is 24.3 Å². The fourth-order valence-corrected chi connectivity index (χ4v) is 3.94. The summed E-state index contributed by atoms with van der Waals surface area (Å²) in [5.74, 6) is 0.431. The van der Waals surface area contributed by atoms with Crippen molar-refractivity contribution in [1.29, 1.82) is 0 Å². The molecule has 0 spiro atoms. The summed E-state index contributed by atoms with van der Waals surface area (Å²) >= 11 is 0. The largest absolute Gasteiger partial charge is 0.394 e. The number of aryl methyl sites for hydroxylation is 1. The molecule has 24 heavy (non-hydrogen) atoms. The van der Waals surface area contributed by atoms with Gasteiger partial charge in [0.25, 0.3) is 0 Å². The number of carbonyl (C=O) groups excluding carboxylic acids is 1. The Morgan fingerprint density at radius 3 is 2.79 bits per heavy atom. The molecule has 132 valence electrons. The van der Waals surface area contributed by atoms with Crippen molar-refractivity contribution >= 4 is 6.03 Å². The Kier molecular flexibility index (Phi) is 5.74. The molecule has 0 aromatic heterocycles. The van der Waals surface area contributed by atoms with Crippen molar-refractivity contribution in [3.05, 3.63) is 35.4 Å². The van der Waals surface area contributed by atoms with Crippen LogP contribution in [-0.2, 0) is 11.2 Å². The smallest absolute Gasteiger partial charge is 0.315 e. The summed E-state index contributed by atoms with van der Waals surface area (Å²) < 4.78 is 5.75. The Balaban J connectivity index is 1.57. The van der Waals surface area contributed by atoms with Gasteiger partial charge in [-0.3, -0.25) is 0 Å². The number of nitrogens with one attached hydrogen (secondary N) is 2. The number of benzene rings is 1. The predicted octanol–water partition coefficient (Wildman–Crippen LogP) is 2.54. The molecule has 0 radical (unpaired) electrons. The van der Waals surface area contributed by atoms with E-state index >= 15 is 0 Å². The van der Waals surface area contributed by atoms with Gasteiger partial charge in [-0.15, -0.1) is 0 Å². The molecule has 1 saturated carbocycles. The lowest BCUT2D eigenvalue weighted by Gasteiger charge is -2.33. The molecule has 2 amide bonds. The van der Waals surface area contributed by atoms with E-state index < -0.39 is 0 Å². The quantitative estimate of drug-likeness (QED) is 0.776. The van der Waals surface area contributed by atoms with Crippen LogP contribution in [-0.4, -0.2) is 36.5 Å². The van der Waals surface area contributed by atoms with Crippen molar-refractivity contribution in [2.24, 2.45) is 5.92 Å². The number of ether oxygens (including phenoxy) is 1. The van der Waals surface area contributed by atoms with Crippen molar-refractivity contribution in [3.63, 3.8) is 0 Å². The Morgan fingerprint density at radius 1 is 1.29 bits per heavy atom. The molecular weight excluding hydrogens is 304 g/mol.